The summed E-state index contributed by atoms with van der Waals surface area (Å²) in [7, 11) is 0. The van der Waals surface area contributed by atoms with Gasteiger partial charge in [-0.3, -0.25) is 9.98 Å². The molecule has 0 fully saturated rings. The number of thioether (sulfide) groups is 1. The second-order valence-corrected chi connectivity index (χ2v) is 6.17. The van der Waals surface area contributed by atoms with E-state index in [1.54, 1.807) is 16.7 Å². The van der Waals surface area contributed by atoms with Crippen LogP contribution in [0.3, 0.4) is 0 Å². The largest absolute Gasteiger partial charge is 0.283 e. The van der Waals surface area contributed by atoms with Crippen LogP contribution in [0.5, 0.6) is 0 Å². The molecule has 3 rings (SSSR count). The van der Waals surface area contributed by atoms with Crippen molar-refractivity contribution >= 4 is 23.4 Å². The molecule has 1 heterocycles. The molecule has 0 aliphatic rings. The Kier molecular flexibility index (Phi) is 4.70. The lowest BCUT2D eigenvalue weighted by Crippen LogP contribution is -2.25. The highest BCUT2D eigenvalue weighted by molar-refractivity contribution is 7.98. The van der Waals surface area contributed by atoms with Gasteiger partial charge in [-0.2, -0.15) is 5.26 Å². The van der Waals surface area contributed by atoms with Gasteiger partial charge < -0.3 is 0 Å². The first kappa shape index (κ1) is 16.3. The van der Waals surface area contributed by atoms with Gasteiger partial charge >= 0.3 is 0 Å². The van der Waals surface area contributed by atoms with Gasteiger partial charge in [-0.1, -0.05) is 53.7 Å². The van der Waals surface area contributed by atoms with Crippen LogP contribution >= 0.6 is 23.4 Å². The van der Waals surface area contributed by atoms with Crippen molar-refractivity contribution < 1.29 is 0 Å². The van der Waals surface area contributed by atoms with Crippen molar-refractivity contribution in [3.8, 4) is 23.0 Å². The maximum Gasteiger partial charge on any atom is 0.174 e. The second-order valence-electron chi connectivity index (χ2n) is 4.96. The van der Waals surface area contributed by atoms with Gasteiger partial charge in [0.25, 0.3) is 0 Å². The van der Waals surface area contributed by atoms with Crippen LogP contribution in [0.15, 0.2) is 59.8 Å². The zero-order valence-corrected chi connectivity index (χ0v) is 14.4. The lowest BCUT2D eigenvalue weighted by atomic mass is 10.1. The fourth-order valence-corrected chi connectivity index (χ4v) is 3.09. The average molecular weight is 353 g/mol. The van der Waals surface area contributed by atoms with E-state index in [9.17, 15) is 5.26 Å². The highest BCUT2D eigenvalue weighted by Crippen LogP contribution is 2.24. The number of nitrogens with zero attached hydrogens (tertiary/aromatic N) is 3. The Labute approximate surface area is 148 Å². The van der Waals surface area contributed by atoms with E-state index in [0.717, 1.165) is 11.3 Å². The smallest absolute Gasteiger partial charge is 0.174 e. The number of hydrogen-bond acceptors (Lipinski definition) is 4. The molecule has 4 nitrogen and oxygen atoms in total. The minimum absolute atomic E-state index is 0.109. The number of halogens is 1. The maximum atomic E-state index is 9.59. The number of aromatic nitrogens is 2. The maximum absolute atomic E-state index is 9.59. The monoisotopic (exact) mass is 352 g/mol. The molecule has 0 aliphatic heterocycles. The van der Waals surface area contributed by atoms with Crippen molar-refractivity contribution in [2.75, 3.05) is 6.26 Å². The van der Waals surface area contributed by atoms with Crippen LogP contribution in [0.2, 0.25) is 5.02 Å². The van der Waals surface area contributed by atoms with E-state index in [-0.39, 0.29) is 11.1 Å². The minimum Gasteiger partial charge on any atom is -0.283 e. The van der Waals surface area contributed by atoms with E-state index >= 15 is 0 Å². The molecular formula is C18H13ClN4S. The second kappa shape index (κ2) is 6.91. The molecule has 2 aromatic carbocycles. The SMILES string of the molecule is CSc1nc(-c2ccccc2)c(C#N)c(=N)n1-c1ccc(Cl)cc1. The third-order valence-corrected chi connectivity index (χ3v) is 4.41. The first-order valence-electron chi connectivity index (χ1n) is 7.13. The van der Waals surface area contributed by atoms with Crippen LogP contribution in [0.25, 0.3) is 16.9 Å². The summed E-state index contributed by atoms with van der Waals surface area (Å²) in [6, 6.07) is 18.7. The summed E-state index contributed by atoms with van der Waals surface area (Å²) in [5.74, 6) is 0. The van der Waals surface area contributed by atoms with Crippen molar-refractivity contribution in [1.29, 1.82) is 10.7 Å². The normalized spacial score (nSPS) is 10.4. The van der Waals surface area contributed by atoms with E-state index in [1.807, 2.05) is 48.7 Å². The van der Waals surface area contributed by atoms with Crippen LogP contribution < -0.4 is 5.49 Å². The van der Waals surface area contributed by atoms with E-state index < -0.39 is 0 Å². The minimum atomic E-state index is 0.109. The molecule has 24 heavy (non-hydrogen) atoms. The molecule has 3 aromatic rings. The Bertz CT molecular complexity index is 973. The van der Waals surface area contributed by atoms with Gasteiger partial charge in [0, 0.05) is 16.3 Å². The Morgan fingerprint density at radius 2 is 1.79 bits per heavy atom. The molecule has 0 saturated heterocycles. The number of rotatable bonds is 3. The molecule has 0 atom stereocenters. The van der Waals surface area contributed by atoms with Crippen LogP contribution in [0.4, 0.5) is 0 Å². The summed E-state index contributed by atoms with van der Waals surface area (Å²) >= 11 is 7.37. The molecule has 0 bridgehead atoms. The summed E-state index contributed by atoms with van der Waals surface area (Å²) < 4.78 is 1.66. The predicted octanol–water partition coefficient (Wildman–Crippen LogP) is 4.27. The summed E-state index contributed by atoms with van der Waals surface area (Å²) in [6.07, 6.45) is 1.90. The lowest BCUT2D eigenvalue weighted by Gasteiger charge is -2.15. The van der Waals surface area contributed by atoms with E-state index in [1.165, 1.54) is 11.8 Å². The lowest BCUT2D eigenvalue weighted by molar-refractivity contribution is 0.766. The highest BCUT2D eigenvalue weighted by Gasteiger charge is 2.16. The van der Waals surface area contributed by atoms with Crippen molar-refractivity contribution in [3.05, 3.63) is 70.7 Å². The summed E-state index contributed by atoms with van der Waals surface area (Å²) in [4.78, 5) is 4.64. The van der Waals surface area contributed by atoms with Crippen molar-refractivity contribution in [2.24, 2.45) is 0 Å². The molecule has 0 amide bonds. The van der Waals surface area contributed by atoms with Crippen molar-refractivity contribution in [1.82, 2.24) is 9.55 Å². The summed E-state index contributed by atoms with van der Waals surface area (Å²) in [5, 5.41) is 19.4. The Morgan fingerprint density at radius 3 is 2.38 bits per heavy atom. The molecule has 0 radical (unpaired) electrons. The molecule has 0 saturated carbocycles. The molecule has 1 aromatic heterocycles. The number of nitrogens with one attached hydrogen (secondary N) is 1. The van der Waals surface area contributed by atoms with E-state index in [4.69, 9.17) is 17.0 Å². The highest BCUT2D eigenvalue weighted by atomic mass is 35.5. The number of hydrogen-bond donors (Lipinski definition) is 1. The molecule has 0 spiro atoms. The zero-order chi connectivity index (χ0) is 17.1. The zero-order valence-electron chi connectivity index (χ0n) is 12.8. The average Bonchev–Trinajstić information content (AvgIpc) is 2.62. The summed E-state index contributed by atoms with van der Waals surface area (Å²) in [5.41, 5.74) is 2.45. The van der Waals surface area contributed by atoms with E-state index in [2.05, 4.69) is 11.1 Å². The Morgan fingerprint density at radius 1 is 1.12 bits per heavy atom. The van der Waals surface area contributed by atoms with Crippen LogP contribution in [0, 0.1) is 16.7 Å². The van der Waals surface area contributed by atoms with Crippen molar-refractivity contribution in [3.63, 3.8) is 0 Å². The molecule has 1 N–H and O–H groups in total. The van der Waals surface area contributed by atoms with Crippen LogP contribution in [-0.2, 0) is 0 Å². The van der Waals surface area contributed by atoms with Gasteiger partial charge in [0.2, 0.25) is 0 Å². The van der Waals surface area contributed by atoms with Gasteiger partial charge in [0.05, 0.1) is 5.69 Å². The predicted molar refractivity (Wildman–Crippen MR) is 96.4 cm³/mol. The fourth-order valence-electron chi connectivity index (χ4n) is 2.40. The standard InChI is InChI=1S/C18H13ClN4S/c1-24-18-22-16(12-5-3-2-4-6-12)15(11-20)17(21)23(18)14-9-7-13(19)8-10-14/h2-10,21H,1H3. The topological polar surface area (TPSA) is 65.5 Å². The third-order valence-electron chi connectivity index (χ3n) is 3.52. The molecular weight excluding hydrogens is 340 g/mol. The molecule has 118 valence electrons. The van der Waals surface area contributed by atoms with Gasteiger partial charge in [0.1, 0.15) is 11.6 Å². The molecule has 0 aliphatic carbocycles. The fraction of sp³-hybridized carbons (Fsp3) is 0.0556. The summed E-state index contributed by atoms with van der Waals surface area (Å²) in [6.45, 7) is 0. The van der Waals surface area contributed by atoms with Gasteiger partial charge in [0.15, 0.2) is 10.6 Å². The quantitative estimate of drug-likeness (QED) is 0.565. The van der Waals surface area contributed by atoms with E-state index in [0.29, 0.717) is 15.9 Å². The van der Waals surface area contributed by atoms with Gasteiger partial charge in [-0.05, 0) is 30.5 Å². The third kappa shape index (κ3) is 2.94. The van der Waals surface area contributed by atoms with Crippen LogP contribution in [-0.4, -0.2) is 15.8 Å². The van der Waals surface area contributed by atoms with Gasteiger partial charge in [-0.25, -0.2) is 4.98 Å². The Balaban J connectivity index is 2.32. The Hall–Kier alpha value is -2.55. The molecule has 0 unspecified atom stereocenters. The number of benzene rings is 2. The molecule has 6 heteroatoms. The first-order chi connectivity index (χ1) is 11.7. The van der Waals surface area contributed by atoms with Crippen LogP contribution in [0.1, 0.15) is 5.56 Å². The van der Waals surface area contributed by atoms with Gasteiger partial charge in [-0.15, -0.1) is 0 Å². The van der Waals surface area contributed by atoms with Crippen molar-refractivity contribution in [2.45, 2.75) is 5.16 Å². The first-order valence-corrected chi connectivity index (χ1v) is 8.73. The number of nitriles is 1.